The molecule has 0 aromatic heterocycles. The number of hydrogen-bond donors (Lipinski definition) is 3. The molecule has 0 saturated carbocycles. The van der Waals surface area contributed by atoms with Gasteiger partial charge in [0.05, 0.1) is 13.2 Å². The normalized spacial score (nSPS) is 13.0. The summed E-state index contributed by atoms with van der Waals surface area (Å²) in [5, 5.41) is 12.7. The molecule has 0 fully saturated rings. The van der Waals surface area contributed by atoms with E-state index >= 15 is 0 Å². The maximum atomic E-state index is 12.3. The van der Waals surface area contributed by atoms with Crippen molar-refractivity contribution in [3.63, 3.8) is 0 Å². The Morgan fingerprint density at radius 1 is 1.32 bits per heavy atom. The van der Waals surface area contributed by atoms with Crippen LogP contribution in [0, 0.1) is 0 Å². The molecule has 1 rings (SSSR count). The summed E-state index contributed by atoms with van der Waals surface area (Å²) in [6.07, 6.45) is 1.40. The minimum atomic E-state index is -3.16. The Morgan fingerprint density at radius 2 is 2.00 bits per heavy atom. The van der Waals surface area contributed by atoms with Gasteiger partial charge in [0.2, 0.25) is 0 Å². The molecule has 7 nitrogen and oxygen atoms in total. The Hall–Kier alpha value is -0.885. The Kier molecular flexibility index (Phi) is 10.3. The summed E-state index contributed by atoms with van der Waals surface area (Å²) in [7, 11) is -3.80. The molecule has 0 aliphatic rings. The molecule has 0 bridgehead atoms. The van der Waals surface area contributed by atoms with Crippen LogP contribution in [0.4, 0.5) is 5.69 Å². The summed E-state index contributed by atoms with van der Waals surface area (Å²) in [5.74, 6) is 0. The average Bonchev–Trinajstić information content (AvgIpc) is 2.53. The van der Waals surface area contributed by atoms with Gasteiger partial charge in [0.25, 0.3) is 0 Å². The minimum Gasteiger partial charge on any atom is -0.437 e. The molecule has 0 heterocycles. The van der Waals surface area contributed by atoms with Crippen LogP contribution in [0.25, 0.3) is 0 Å². The number of rotatable bonds is 13. The Bertz CT molecular complexity index is 537. The van der Waals surface area contributed by atoms with Gasteiger partial charge in [-0.3, -0.25) is 4.57 Å². The lowest BCUT2D eigenvalue weighted by molar-refractivity contribution is 0.128. The van der Waals surface area contributed by atoms with Gasteiger partial charge in [0.15, 0.2) is 0 Å². The highest BCUT2D eigenvalue weighted by Gasteiger charge is 2.23. The fourth-order valence-electron chi connectivity index (χ4n) is 2.48. The van der Waals surface area contributed by atoms with Gasteiger partial charge in [0, 0.05) is 18.3 Å². The summed E-state index contributed by atoms with van der Waals surface area (Å²) in [6.45, 7) is 6.26. The predicted molar refractivity (Wildman–Crippen MR) is 101 cm³/mol. The van der Waals surface area contributed by atoms with E-state index in [4.69, 9.17) is 19.5 Å². The maximum absolute atomic E-state index is 12.3. The number of nitrogens with one attached hydrogen (secondary N) is 1. The molecule has 1 unspecified atom stereocenters. The number of benzene rings is 1. The van der Waals surface area contributed by atoms with Gasteiger partial charge in [-0.05, 0) is 51.2 Å². The van der Waals surface area contributed by atoms with E-state index in [0.717, 1.165) is 18.4 Å². The van der Waals surface area contributed by atoms with Crippen molar-refractivity contribution < 1.29 is 23.4 Å². The molecular weight excluding hydrogens is 342 g/mol. The molecule has 1 atom stereocenters. The zero-order chi connectivity index (χ0) is 18.7. The van der Waals surface area contributed by atoms with Crippen molar-refractivity contribution in [2.24, 2.45) is 0 Å². The van der Waals surface area contributed by atoms with Crippen molar-refractivity contribution in [3.8, 4) is 0 Å². The van der Waals surface area contributed by atoms with Crippen molar-refractivity contribution >= 4 is 20.3 Å². The lowest BCUT2D eigenvalue weighted by atomic mass is 9.85. The molecule has 0 saturated heterocycles. The molecule has 0 aliphatic heterocycles. The molecule has 0 aliphatic carbocycles. The lowest BCUT2D eigenvalue weighted by Gasteiger charge is -2.21. The van der Waals surface area contributed by atoms with E-state index < -0.39 is 14.6 Å². The molecule has 0 spiro atoms. The van der Waals surface area contributed by atoms with Crippen molar-refractivity contribution in [2.75, 3.05) is 31.9 Å². The van der Waals surface area contributed by atoms with Crippen LogP contribution in [0.15, 0.2) is 24.3 Å². The average molecular weight is 372 g/mol. The molecule has 4 N–H and O–H groups in total. The highest BCUT2D eigenvalue weighted by Crippen LogP contribution is 2.47. The standard InChI is InChI=1S/C16H30BN2O5P/c1-4-23-25(21,24-5-2)13-22-11-7-10-16(19-17(3)20)14-8-6-9-15(18)12-14/h6,8-9,12,16,19-20H,4-5,7,10-11,13,18H2,1-3H3. The highest BCUT2D eigenvalue weighted by molar-refractivity contribution is 7.53. The first-order chi connectivity index (χ1) is 11.9. The third-order valence-corrected chi connectivity index (χ3v) is 5.24. The van der Waals surface area contributed by atoms with Gasteiger partial charge in [-0.2, -0.15) is 0 Å². The first-order valence-corrected chi connectivity index (χ1v) is 10.4. The van der Waals surface area contributed by atoms with Crippen LogP contribution in [-0.4, -0.2) is 38.2 Å². The summed E-state index contributed by atoms with van der Waals surface area (Å²) in [6, 6.07) is 7.52. The predicted octanol–water partition coefficient (Wildman–Crippen LogP) is 3.03. The van der Waals surface area contributed by atoms with Gasteiger partial charge >= 0.3 is 14.6 Å². The van der Waals surface area contributed by atoms with Gasteiger partial charge in [0.1, 0.15) is 6.35 Å². The lowest BCUT2D eigenvalue weighted by Crippen LogP contribution is -2.34. The van der Waals surface area contributed by atoms with Crippen LogP contribution < -0.4 is 11.0 Å². The van der Waals surface area contributed by atoms with Crippen LogP contribution in [0.2, 0.25) is 6.82 Å². The zero-order valence-corrected chi connectivity index (χ0v) is 16.2. The van der Waals surface area contributed by atoms with E-state index in [-0.39, 0.29) is 12.4 Å². The van der Waals surface area contributed by atoms with Crippen LogP contribution in [-0.2, 0) is 18.3 Å². The Balaban J connectivity index is 2.48. The second-order valence-electron chi connectivity index (χ2n) is 5.69. The number of nitrogen functional groups attached to an aromatic ring is 1. The number of hydrogen-bond acceptors (Lipinski definition) is 7. The zero-order valence-electron chi connectivity index (χ0n) is 15.3. The molecule has 142 valence electrons. The topological polar surface area (TPSA) is 103 Å². The van der Waals surface area contributed by atoms with Gasteiger partial charge < -0.3 is 29.8 Å². The second-order valence-corrected chi connectivity index (χ2v) is 7.69. The minimum absolute atomic E-state index is 0.0438. The van der Waals surface area contributed by atoms with Crippen LogP contribution in [0.3, 0.4) is 0 Å². The molecule has 9 heteroatoms. The third kappa shape index (κ3) is 8.85. The fraction of sp³-hybridized carbons (Fsp3) is 0.625. The molecule has 0 amide bonds. The Morgan fingerprint density at radius 3 is 2.56 bits per heavy atom. The molecular formula is C16H30BN2O5P. The van der Waals surface area contributed by atoms with Crippen molar-refractivity contribution in [2.45, 2.75) is 39.6 Å². The van der Waals surface area contributed by atoms with Crippen LogP contribution in [0.5, 0.6) is 0 Å². The Labute approximate surface area is 150 Å². The fourth-order valence-corrected chi connectivity index (χ4v) is 3.85. The van der Waals surface area contributed by atoms with E-state index in [1.54, 1.807) is 20.7 Å². The largest absolute Gasteiger partial charge is 0.437 e. The van der Waals surface area contributed by atoms with Crippen LogP contribution >= 0.6 is 7.60 Å². The quantitative estimate of drug-likeness (QED) is 0.212. The first-order valence-electron chi connectivity index (χ1n) is 8.65. The van der Waals surface area contributed by atoms with Crippen LogP contribution in [0.1, 0.15) is 38.3 Å². The van der Waals surface area contributed by atoms with E-state index in [2.05, 4.69) is 5.23 Å². The van der Waals surface area contributed by atoms with E-state index in [1.165, 1.54) is 0 Å². The number of anilines is 1. The summed E-state index contributed by atoms with van der Waals surface area (Å²) in [5.41, 5.74) is 7.53. The summed E-state index contributed by atoms with van der Waals surface area (Å²) < 4.78 is 28.1. The SMILES string of the molecule is CCOP(=O)(COCCCC(NB(C)O)c1cccc(N)c1)OCC. The van der Waals surface area contributed by atoms with E-state index in [9.17, 15) is 9.59 Å². The monoisotopic (exact) mass is 372 g/mol. The van der Waals surface area contributed by atoms with Gasteiger partial charge in [-0.1, -0.05) is 12.1 Å². The van der Waals surface area contributed by atoms with Gasteiger partial charge in [-0.15, -0.1) is 0 Å². The maximum Gasteiger partial charge on any atom is 0.374 e. The molecule has 1 aromatic rings. The number of ether oxygens (including phenoxy) is 1. The summed E-state index contributed by atoms with van der Waals surface area (Å²) >= 11 is 0. The molecule has 25 heavy (non-hydrogen) atoms. The highest BCUT2D eigenvalue weighted by atomic mass is 31.2. The van der Waals surface area contributed by atoms with Crippen molar-refractivity contribution in [3.05, 3.63) is 29.8 Å². The molecule has 1 aromatic carbocycles. The van der Waals surface area contributed by atoms with Crippen molar-refractivity contribution in [1.29, 1.82) is 0 Å². The first kappa shape index (κ1) is 22.2. The second kappa shape index (κ2) is 11.7. The summed E-state index contributed by atoms with van der Waals surface area (Å²) in [4.78, 5) is 0. The molecule has 0 radical (unpaired) electrons. The smallest absolute Gasteiger partial charge is 0.374 e. The number of nitrogens with two attached hydrogens (primary N) is 1. The van der Waals surface area contributed by atoms with Crippen molar-refractivity contribution in [1.82, 2.24) is 5.23 Å². The third-order valence-electron chi connectivity index (χ3n) is 3.44. The van der Waals surface area contributed by atoms with E-state index in [0.29, 0.717) is 25.5 Å². The van der Waals surface area contributed by atoms with Gasteiger partial charge in [-0.25, -0.2) is 0 Å². The van der Waals surface area contributed by atoms with E-state index in [1.807, 2.05) is 24.3 Å².